The van der Waals surface area contributed by atoms with Crippen LogP contribution in [0.5, 0.6) is 17.2 Å². The molecule has 2 aromatic carbocycles. The second-order valence-electron chi connectivity index (χ2n) is 12.7. The molecule has 0 unspecified atom stereocenters. The van der Waals surface area contributed by atoms with E-state index < -0.39 is 16.3 Å². The summed E-state index contributed by atoms with van der Waals surface area (Å²) in [6, 6.07) is 6.65. The number of methoxy groups -OCH3 is 3. The van der Waals surface area contributed by atoms with Gasteiger partial charge in [0.2, 0.25) is 23.0 Å². The molecule has 3 aliphatic rings. The summed E-state index contributed by atoms with van der Waals surface area (Å²) in [5, 5.41) is 6.23. The summed E-state index contributed by atoms with van der Waals surface area (Å²) in [6.07, 6.45) is 5.34. The number of hydrogen-bond donors (Lipinski definition) is 2. The Morgan fingerprint density at radius 3 is 2.29 bits per heavy atom. The van der Waals surface area contributed by atoms with Gasteiger partial charge in [-0.2, -0.15) is 17.0 Å². The Kier molecular flexibility index (Phi) is 12.0. The minimum absolute atomic E-state index is 0.0297. The number of amides is 2. The van der Waals surface area contributed by atoms with Crippen LogP contribution >= 0.6 is 0 Å². The first kappa shape index (κ1) is 36.4. The van der Waals surface area contributed by atoms with E-state index in [-0.39, 0.29) is 23.7 Å². The van der Waals surface area contributed by atoms with E-state index in [4.69, 9.17) is 14.2 Å². The summed E-state index contributed by atoms with van der Waals surface area (Å²) in [7, 11) is 1.15. The van der Waals surface area contributed by atoms with Crippen LogP contribution in [-0.4, -0.2) is 101 Å². The van der Waals surface area contributed by atoms with E-state index in [0.29, 0.717) is 100.0 Å². The van der Waals surface area contributed by atoms with Gasteiger partial charge in [-0.1, -0.05) is 12.5 Å². The highest BCUT2D eigenvalue weighted by atomic mass is 32.2. The average Bonchev–Trinajstić information content (AvgIpc) is 3.50. The van der Waals surface area contributed by atoms with Gasteiger partial charge in [-0.25, -0.2) is 0 Å². The van der Waals surface area contributed by atoms with E-state index in [9.17, 15) is 22.8 Å². The van der Waals surface area contributed by atoms with E-state index in [1.54, 1.807) is 42.7 Å². The van der Waals surface area contributed by atoms with Crippen LogP contribution in [0.3, 0.4) is 0 Å². The maximum Gasteiger partial charge on any atom is 0.282 e. The summed E-state index contributed by atoms with van der Waals surface area (Å²) < 4.78 is 46.5. The zero-order valence-corrected chi connectivity index (χ0v) is 29.8. The highest BCUT2D eigenvalue weighted by Gasteiger charge is 2.33. The Morgan fingerprint density at radius 2 is 1.59 bits per heavy atom. The second kappa shape index (κ2) is 16.2. The van der Waals surface area contributed by atoms with Crippen LogP contribution in [0.25, 0.3) is 11.1 Å². The van der Waals surface area contributed by atoms with Gasteiger partial charge in [-0.15, -0.1) is 0 Å². The molecule has 0 spiro atoms. The highest BCUT2D eigenvalue weighted by molar-refractivity contribution is 7.86. The van der Waals surface area contributed by atoms with Gasteiger partial charge in [0.15, 0.2) is 11.5 Å². The van der Waals surface area contributed by atoms with E-state index in [1.807, 2.05) is 12.1 Å². The molecule has 2 heterocycles. The van der Waals surface area contributed by atoms with E-state index in [0.717, 1.165) is 36.0 Å². The van der Waals surface area contributed by atoms with Gasteiger partial charge < -0.3 is 29.7 Å². The molecule has 14 heteroatoms. The van der Waals surface area contributed by atoms with Crippen LogP contribution in [0.15, 0.2) is 29.1 Å². The Balaban J connectivity index is 1.29. The Hall–Kier alpha value is -3.88. The van der Waals surface area contributed by atoms with Gasteiger partial charge in [0.05, 0.1) is 33.1 Å². The normalized spacial score (nSPS) is 18.7. The molecule has 2 saturated heterocycles. The quantitative estimate of drug-likeness (QED) is 0.338. The Labute approximate surface area is 289 Å². The van der Waals surface area contributed by atoms with Crippen LogP contribution in [0, 0.1) is 0 Å². The minimum atomic E-state index is -3.51. The SMILES string of the molecule is COc1cc2c(c(OC)c1OC)-c1ccc(NCCCC(=O)N3CCCN(S(=O)(=O)N4CCCCC4)CC3)c(=O)cc1[C@@H](NC(C)=O)CC2. The van der Waals surface area contributed by atoms with Crippen molar-refractivity contribution in [3.63, 3.8) is 0 Å². The van der Waals surface area contributed by atoms with Crippen molar-refractivity contribution in [3.05, 3.63) is 45.6 Å². The number of nitrogens with one attached hydrogen (secondary N) is 2. The second-order valence-corrected chi connectivity index (χ2v) is 14.7. The lowest BCUT2D eigenvalue weighted by atomic mass is 9.95. The fourth-order valence-electron chi connectivity index (χ4n) is 7.11. The molecule has 0 bridgehead atoms. The standard InChI is InChI=1S/C35H49N5O8S/c1-24(41)37-28-13-11-25-22-31(46-2)34(47-3)35(48-4)33(25)26-12-14-29(30(42)23-27(26)28)36-15-8-10-32(43)38-16-9-19-40(21-20-38)49(44,45)39-17-6-5-7-18-39/h12,14,22-23,28H,5-11,13,15-21H2,1-4H3,(H,36,42)(H,37,41)/t28-/m0/s1. The summed E-state index contributed by atoms with van der Waals surface area (Å²) >= 11 is 0. The first-order valence-corrected chi connectivity index (χ1v) is 18.5. The molecule has 13 nitrogen and oxygen atoms in total. The lowest BCUT2D eigenvalue weighted by Gasteiger charge is -2.31. The van der Waals surface area contributed by atoms with E-state index in [2.05, 4.69) is 10.6 Å². The number of nitrogens with zero attached hydrogens (tertiary/aromatic N) is 3. The number of fused-ring (bicyclic) bond motifs is 3. The van der Waals surface area contributed by atoms with Gasteiger partial charge >= 0.3 is 0 Å². The first-order chi connectivity index (χ1) is 23.6. The minimum Gasteiger partial charge on any atom is -0.493 e. The Bertz CT molecular complexity index is 1700. The molecule has 2 amide bonds. The lowest BCUT2D eigenvalue weighted by Crippen LogP contribution is -2.47. The lowest BCUT2D eigenvalue weighted by molar-refractivity contribution is -0.131. The number of benzene rings is 1. The number of ether oxygens (including phenoxy) is 3. The third-order valence-corrected chi connectivity index (χ3v) is 11.6. The average molecular weight is 700 g/mol. The van der Waals surface area contributed by atoms with Gasteiger partial charge in [0.1, 0.15) is 0 Å². The molecule has 2 N–H and O–H groups in total. The first-order valence-electron chi connectivity index (χ1n) is 17.1. The predicted octanol–water partition coefficient (Wildman–Crippen LogP) is 3.32. The number of carbonyl (C=O) groups excluding carboxylic acids is 2. The maximum absolute atomic E-state index is 13.6. The molecule has 1 aliphatic carbocycles. The summed E-state index contributed by atoms with van der Waals surface area (Å²) in [6.45, 7) is 4.54. The summed E-state index contributed by atoms with van der Waals surface area (Å²) in [5.41, 5.74) is 3.25. The van der Waals surface area contributed by atoms with Crippen molar-refractivity contribution in [2.24, 2.45) is 0 Å². The molecule has 1 atom stereocenters. The van der Waals surface area contributed by atoms with Crippen LogP contribution < -0.4 is 30.3 Å². The van der Waals surface area contributed by atoms with Crippen molar-refractivity contribution in [1.29, 1.82) is 0 Å². The van der Waals surface area contributed by atoms with Gasteiger partial charge in [-0.05, 0) is 73.4 Å². The number of aryl methyl sites for hydroxylation is 1. The van der Waals surface area contributed by atoms with Gasteiger partial charge in [0.25, 0.3) is 10.2 Å². The highest BCUT2D eigenvalue weighted by Crippen LogP contribution is 2.50. The third kappa shape index (κ3) is 8.13. The topological polar surface area (TPSA) is 147 Å². The number of anilines is 1. The molecule has 268 valence electrons. The van der Waals surface area contributed by atoms with Gasteiger partial charge in [-0.3, -0.25) is 14.4 Å². The number of piperidine rings is 1. The van der Waals surface area contributed by atoms with Crippen LogP contribution in [0.1, 0.15) is 69.0 Å². The molecule has 2 fully saturated rings. The fourth-order valence-corrected chi connectivity index (χ4v) is 8.83. The monoisotopic (exact) mass is 699 g/mol. The fraction of sp³-hybridized carbons (Fsp3) is 0.571. The molecule has 2 aromatic rings. The van der Waals surface area contributed by atoms with Crippen molar-refractivity contribution in [2.45, 2.75) is 64.3 Å². The van der Waals surface area contributed by atoms with E-state index >= 15 is 0 Å². The van der Waals surface area contributed by atoms with Crippen molar-refractivity contribution in [2.75, 3.05) is 72.5 Å². The third-order valence-electron chi connectivity index (χ3n) is 9.57. The van der Waals surface area contributed by atoms with Crippen molar-refractivity contribution in [3.8, 4) is 28.4 Å². The van der Waals surface area contributed by atoms with Crippen molar-refractivity contribution >= 4 is 27.7 Å². The predicted molar refractivity (Wildman–Crippen MR) is 188 cm³/mol. The molecular formula is C35H49N5O8S. The number of hydrogen-bond acceptors (Lipinski definition) is 9. The molecule has 2 aliphatic heterocycles. The molecule has 0 aromatic heterocycles. The number of rotatable bonds is 11. The Morgan fingerprint density at radius 1 is 0.878 bits per heavy atom. The van der Waals surface area contributed by atoms with Crippen molar-refractivity contribution in [1.82, 2.24) is 18.8 Å². The van der Waals surface area contributed by atoms with Crippen molar-refractivity contribution < 1.29 is 32.2 Å². The summed E-state index contributed by atoms with van der Waals surface area (Å²) in [5.74, 6) is 1.21. The molecule has 0 saturated carbocycles. The zero-order chi connectivity index (χ0) is 35.1. The summed E-state index contributed by atoms with van der Waals surface area (Å²) in [4.78, 5) is 40.7. The van der Waals surface area contributed by atoms with Crippen LogP contribution in [0.2, 0.25) is 0 Å². The van der Waals surface area contributed by atoms with E-state index in [1.165, 1.54) is 11.2 Å². The molecule has 0 radical (unpaired) electrons. The molecular weight excluding hydrogens is 650 g/mol. The molecule has 49 heavy (non-hydrogen) atoms. The van der Waals surface area contributed by atoms with Crippen LogP contribution in [-0.2, 0) is 26.2 Å². The van der Waals surface area contributed by atoms with Crippen LogP contribution in [0.4, 0.5) is 5.69 Å². The smallest absolute Gasteiger partial charge is 0.282 e. The molecule has 5 rings (SSSR count). The van der Waals surface area contributed by atoms with Gasteiger partial charge in [0, 0.05) is 64.7 Å². The zero-order valence-electron chi connectivity index (χ0n) is 29.0. The number of carbonyl (C=O) groups is 2. The largest absolute Gasteiger partial charge is 0.493 e. The maximum atomic E-state index is 13.6.